The van der Waals surface area contributed by atoms with Crippen molar-refractivity contribution in [2.45, 2.75) is 53.0 Å². The van der Waals surface area contributed by atoms with Crippen LogP contribution in [0.3, 0.4) is 0 Å². The fourth-order valence-electron chi connectivity index (χ4n) is 3.29. The molecule has 0 radical (unpaired) electrons. The third-order valence-electron chi connectivity index (χ3n) is 4.99. The average molecular weight is 317 g/mol. The van der Waals surface area contributed by atoms with E-state index in [0.717, 1.165) is 24.0 Å². The highest BCUT2D eigenvalue weighted by Gasteiger charge is 2.28. The molecule has 1 amide bonds. The van der Waals surface area contributed by atoms with Gasteiger partial charge in [0.15, 0.2) is 6.61 Å². The summed E-state index contributed by atoms with van der Waals surface area (Å²) in [6.07, 6.45) is 3.36. The van der Waals surface area contributed by atoms with Gasteiger partial charge in [0.1, 0.15) is 0 Å². The zero-order valence-electron chi connectivity index (χ0n) is 14.5. The number of carbonyl (C=O) groups is 2. The first-order valence-corrected chi connectivity index (χ1v) is 8.42. The smallest absolute Gasteiger partial charge is 0.338 e. The molecular formula is C19H27NO3. The van der Waals surface area contributed by atoms with Gasteiger partial charge < -0.3 is 10.1 Å². The molecule has 1 aromatic rings. The van der Waals surface area contributed by atoms with Gasteiger partial charge in [-0.1, -0.05) is 44.4 Å². The van der Waals surface area contributed by atoms with E-state index < -0.39 is 5.97 Å². The van der Waals surface area contributed by atoms with Gasteiger partial charge in [0.2, 0.25) is 0 Å². The summed E-state index contributed by atoms with van der Waals surface area (Å²) in [6.45, 7) is 8.03. The van der Waals surface area contributed by atoms with Crippen LogP contribution in [0.15, 0.2) is 18.2 Å². The average Bonchev–Trinajstić information content (AvgIpc) is 2.49. The highest BCUT2D eigenvalue weighted by molar-refractivity contribution is 5.92. The van der Waals surface area contributed by atoms with Crippen molar-refractivity contribution in [1.82, 2.24) is 5.32 Å². The van der Waals surface area contributed by atoms with Crippen LogP contribution in [-0.4, -0.2) is 24.5 Å². The summed E-state index contributed by atoms with van der Waals surface area (Å²) < 4.78 is 5.16. The van der Waals surface area contributed by atoms with Crippen LogP contribution in [0.25, 0.3) is 0 Å². The lowest BCUT2D eigenvalue weighted by Crippen LogP contribution is -2.45. The van der Waals surface area contributed by atoms with Crippen LogP contribution in [0.1, 0.15) is 54.6 Å². The van der Waals surface area contributed by atoms with E-state index in [2.05, 4.69) is 19.2 Å². The normalized spacial score (nSPS) is 24.1. The second-order valence-corrected chi connectivity index (χ2v) is 6.84. The topological polar surface area (TPSA) is 55.4 Å². The first kappa shape index (κ1) is 17.5. The SMILES string of the molecule is Cc1ccc(C(=O)OCC(=O)N[C@H]2CCC[C@@H](C)[C@@H]2C)c(C)c1. The van der Waals surface area contributed by atoms with Crippen molar-refractivity contribution in [3.05, 3.63) is 34.9 Å². The summed E-state index contributed by atoms with van der Waals surface area (Å²) in [5.41, 5.74) is 2.48. The quantitative estimate of drug-likeness (QED) is 0.866. The Bertz CT molecular complexity index is 582. The molecule has 2 rings (SSSR count). The number of amides is 1. The van der Waals surface area contributed by atoms with E-state index in [0.29, 0.717) is 17.4 Å². The summed E-state index contributed by atoms with van der Waals surface area (Å²) >= 11 is 0. The van der Waals surface area contributed by atoms with E-state index in [4.69, 9.17) is 4.74 Å². The lowest BCUT2D eigenvalue weighted by Gasteiger charge is -2.34. The Morgan fingerprint density at radius 3 is 2.65 bits per heavy atom. The predicted octanol–water partition coefficient (Wildman–Crippen LogP) is 3.40. The van der Waals surface area contributed by atoms with Crippen molar-refractivity contribution in [2.75, 3.05) is 6.61 Å². The Balaban J connectivity index is 1.85. The molecule has 1 aliphatic rings. The van der Waals surface area contributed by atoms with Crippen molar-refractivity contribution in [2.24, 2.45) is 11.8 Å². The van der Waals surface area contributed by atoms with E-state index in [1.54, 1.807) is 6.07 Å². The van der Waals surface area contributed by atoms with Crippen LogP contribution in [0.4, 0.5) is 0 Å². The molecule has 1 saturated carbocycles. The van der Waals surface area contributed by atoms with Crippen LogP contribution >= 0.6 is 0 Å². The third kappa shape index (κ3) is 4.57. The minimum absolute atomic E-state index is 0.186. The fourth-order valence-corrected chi connectivity index (χ4v) is 3.29. The molecule has 1 aliphatic carbocycles. The summed E-state index contributed by atoms with van der Waals surface area (Å²) in [5.74, 6) is 0.423. The zero-order chi connectivity index (χ0) is 17.0. The molecule has 0 bridgehead atoms. The van der Waals surface area contributed by atoms with E-state index in [-0.39, 0.29) is 18.6 Å². The van der Waals surface area contributed by atoms with Gasteiger partial charge in [-0.2, -0.15) is 0 Å². The molecule has 0 saturated heterocycles. The van der Waals surface area contributed by atoms with Crippen molar-refractivity contribution in [3.8, 4) is 0 Å². The van der Waals surface area contributed by atoms with Gasteiger partial charge in [-0.3, -0.25) is 4.79 Å². The maximum atomic E-state index is 12.1. The number of ether oxygens (including phenoxy) is 1. The number of carbonyl (C=O) groups excluding carboxylic acids is 2. The molecule has 4 heteroatoms. The van der Waals surface area contributed by atoms with Crippen LogP contribution < -0.4 is 5.32 Å². The van der Waals surface area contributed by atoms with Gasteiger partial charge in [0.05, 0.1) is 5.56 Å². The van der Waals surface area contributed by atoms with Crippen molar-refractivity contribution in [1.29, 1.82) is 0 Å². The Kier molecular flexibility index (Phi) is 5.80. The lowest BCUT2D eigenvalue weighted by atomic mass is 9.78. The monoisotopic (exact) mass is 317 g/mol. The number of hydrogen-bond acceptors (Lipinski definition) is 3. The Morgan fingerprint density at radius 2 is 1.96 bits per heavy atom. The molecule has 23 heavy (non-hydrogen) atoms. The Morgan fingerprint density at radius 1 is 1.22 bits per heavy atom. The van der Waals surface area contributed by atoms with Crippen molar-refractivity contribution >= 4 is 11.9 Å². The maximum Gasteiger partial charge on any atom is 0.338 e. The number of hydrogen-bond donors (Lipinski definition) is 1. The largest absolute Gasteiger partial charge is 0.452 e. The third-order valence-corrected chi connectivity index (χ3v) is 4.99. The molecule has 1 aromatic carbocycles. The molecule has 0 unspecified atom stereocenters. The van der Waals surface area contributed by atoms with Gasteiger partial charge in [0.25, 0.3) is 5.91 Å². The molecule has 4 nitrogen and oxygen atoms in total. The molecule has 0 aromatic heterocycles. The van der Waals surface area contributed by atoms with Crippen LogP contribution in [0.5, 0.6) is 0 Å². The number of benzene rings is 1. The first-order chi connectivity index (χ1) is 10.9. The fraction of sp³-hybridized carbons (Fsp3) is 0.579. The van der Waals surface area contributed by atoms with E-state index >= 15 is 0 Å². The van der Waals surface area contributed by atoms with E-state index in [1.807, 2.05) is 26.0 Å². The molecule has 0 heterocycles. The van der Waals surface area contributed by atoms with Gasteiger partial charge in [-0.25, -0.2) is 4.79 Å². The summed E-state index contributed by atoms with van der Waals surface area (Å²) in [6, 6.07) is 5.73. The van der Waals surface area contributed by atoms with Crippen LogP contribution in [0, 0.1) is 25.7 Å². The standard InChI is InChI=1S/C19H27NO3/c1-12-8-9-16(14(3)10-12)19(22)23-11-18(21)20-17-7-5-6-13(2)15(17)4/h8-10,13,15,17H,5-7,11H2,1-4H3,(H,20,21)/t13-,15+,17+/m1/s1. The summed E-state index contributed by atoms with van der Waals surface area (Å²) in [7, 11) is 0. The maximum absolute atomic E-state index is 12.1. The van der Waals surface area contributed by atoms with E-state index in [1.165, 1.54) is 6.42 Å². The summed E-state index contributed by atoms with van der Waals surface area (Å²) in [4.78, 5) is 24.1. The Labute approximate surface area is 138 Å². The number of nitrogens with one attached hydrogen (secondary N) is 1. The number of rotatable bonds is 4. The van der Waals surface area contributed by atoms with Crippen molar-refractivity contribution < 1.29 is 14.3 Å². The lowest BCUT2D eigenvalue weighted by molar-refractivity contribution is -0.125. The Hall–Kier alpha value is -1.84. The van der Waals surface area contributed by atoms with Crippen LogP contribution in [-0.2, 0) is 9.53 Å². The number of aryl methyl sites for hydroxylation is 2. The molecule has 1 N–H and O–H groups in total. The zero-order valence-corrected chi connectivity index (χ0v) is 14.5. The highest BCUT2D eigenvalue weighted by atomic mass is 16.5. The molecule has 0 spiro atoms. The minimum atomic E-state index is -0.442. The van der Waals surface area contributed by atoms with Gasteiger partial charge in [0, 0.05) is 6.04 Å². The highest BCUT2D eigenvalue weighted by Crippen LogP contribution is 2.29. The van der Waals surface area contributed by atoms with Gasteiger partial charge in [-0.05, 0) is 43.7 Å². The molecule has 0 aliphatic heterocycles. The summed E-state index contributed by atoms with van der Waals surface area (Å²) in [5, 5.41) is 3.01. The number of esters is 1. The van der Waals surface area contributed by atoms with Crippen LogP contribution in [0.2, 0.25) is 0 Å². The molecule has 3 atom stereocenters. The molecule has 1 fully saturated rings. The predicted molar refractivity (Wildman–Crippen MR) is 90.3 cm³/mol. The molecule has 126 valence electrons. The second-order valence-electron chi connectivity index (χ2n) is 6.84. The first-order valence-electron chi connectivity index (χ1n) is 8.42. The minimum Gasteiger partial charge on any atom is -0.452 e. The van der Waals surface area contributed by atoms with Gasteiger partial charge in [-0.15, -0.1) is 0 Å². The van der Waals surface area contributed by atoms with Crippen molar-refractivity contribution in [3.63, 3.8) is 0 Å². The van der Waals surface area contributed by atoms with Gasteiger partial charge >= 0.3 is 5.97 Å². The molecular weight excluding hydrogens is 290 g/mol. The second kappa shape index (κ2) is 7.62. The van der Waals surface area contributed by atoms with E-state index in [9.17, 15) is 9.59 Å².